The van der Waals surface area contributed by atoms with Crippen molar-refractivity contribution in [2.75, 3.05) is 5.32 Å². The summed E-state index contributed by atoms with van der Waals surface area (Å²) < 4.78 is 13.3. The number of carbonyl (C=O) groups excluding carboxylic acids is 2. The van der Waals surface area contributed by atoms with Gasteiger partial charge in [0.25, 0.3) is 11.8 Å². The molecular formula is C26H23FN2O2. The minimum atomic E-state index is -0.397. The summed E-state index contributed by atoms with van der Waals surface area (Å²) in [5, 5.41) is 3.23. The van der Waals surface area contributed by atoms with Crippen LogP contribution in [0.3, 0.4) is 0 Å². The Morgan fingerprint density at radius 3 is 2.19 bits per heavy atom. The maximum Gasteiger partial charge on any atom is 0.278 e. The number of amides is 2. The summed E-state index contributed by atoms with van der Waals surface area (Å²) in [6.45, 7) is 6.01. The van der Waals surface area contributed by atoms with Crippen molar-refractivity contribution in [2.45, 2.75) is 27.3 Å². The number of hydrogen-bond acceptors (Lipinski definition) is 3. The van der Waals surface area contributed by atoms with E-state index in [9.17, 15) is 14.0 Å². The normalized spacial score (nSPS) is 13.9. The second-order valence-corrected chi connectivity index (χ2v) is 7.81. The lowest BCUT2D eigenvalue weighted by Gasteiger charge is -2.16. The van der Waals surface area contributed by atoms with Gasteiger partial charge in [-0.05, 0) is 61.2 Å². The van der Waals surface area contributed by atoms with E-state index in [1.807, 2.05) is 63.2 Å². The number of aryl methyl sites for hydroxylation is 2. The molecule has 0 saturated heterocycles. The lowest BCUT2D eigenvalue weighted by Crippen LogP contribution is -2.32. The molecule has 1 N–H and O–H groups in total. The summed E-state index contributed by atoms with van der Waals surface area (Å²) in [7, 11) is 0. The molecule has 1 aliphatic rings. The molecule has 0 atom stereocenters. The molecule has 4 rings (SSSR count). The average molecular weight is 414 g/mol. The van der Waals surface area contributed by atoms with Gasteiger partial charge in [-0.2, -0.15) is 0 Å². The number of carbonyl (C=O) groups is 2. The lowest BCUT2D eigenvalue weighted by atomic mass is 10.0. The maximum atomic E-state index is 13.4. The Morgan fingerprint density at radius 1 is 0.839 bits per heavy atom. The molecule has 3 aromatic carbocycles. The third kappa shape index (κ3) is 3.99. The second kappa shape index (κ2) is 8.19. The highest BCUT2D eigenvalue weighted by molar-refractivity contribution is 6.36. The fourth-order valence-corrected chi connectivity index (χ4v) is 3.62. The van der Waals surface area contributed by atoms with Crippen LogP contribution in [0.5, 0.6) is 0 Å². The molecule has 4 nitrogen and oxygen atoms in total. The van der Waals surface area contributed by atoms with Crippen LogP contribution >= 0.6 is 0 Å². The number of nitrogens with one attached hydrogen (secondary N) is 1. The predicted octanol–water partition coefficient (Wildman–Crippen LogP) is 5.14. The van der Waals surface area contributed by atoms with Crippen LogP contribution in [0.4, 0.5) is 10.1 Å². The van der Waals surface area contributed by atoms with Crippen LogP contribution in [0.15, 0.2) is 72.4 Å². The highest BCUT2D eigenvalue weighted by Gasteiger charge is 2.39. The number of anilines is 1. The van der Waals surface area contributed by atoms with Crippen LogP contribution in [-0.4, -0.2) is 16.7 Å². The van der Waals surface area contributed by atoms with Gasteiger partial charge in [0, 0.05) is 5.69 Å². The third-order valence-electron chi connectivity index (χ3n) is 5.63. The first-order valence-corrected chi connectivity index (χ1v) is 10.1. The van der Waals surface area contributed by atoms with Crippen LogP contribution in [0.1, 0.15) is 27.8 Å². The first kappa shape index (κ1) is 20.5. The molecule has 0 spiro atoms. The molecule has 0 aromatic heterocycles. The zero-order chi connectivity index (χ0) is 22.1. The Balaban J connectivity index is 1.76. The quantitative estimate of drug-likeness (QED) is 0.588. The molecule has 5 heteroatoms. The van der Waals surface area contributed by atoms with Gasteiger partial charge >= 0.3 is 0 Å². The largest absolute Gasteiger partial charge is 0.350 e. The molecule has 0 saturated carbocycles. The number of rotatable bonds is 5. The van der Waals surface area contributed by atoms with Crippen molar-refractivity contribution in [2.24, 2.45) is 0 Å². The van der Waals surface area contributed by atoms with Crippen molar-refractivity contribution in [3.05, 3.63) is 106 Å². The van der Waals surface area contributed by atoms with E-state index in [-0.39, 0.29) is 24.0 Å². The topological polar surface area (TPSA) is 49.4 Å². The van der Waals surface area contributed by atoms with Gasteiger partial charge < -0.3 is 5.32 Å². The van der Waals surface area contributed by atoms with Crippen LogP contribution in [-0.2, 0) is 16.1 Å². The Bertz CT molecular complexity index is 1200. The molecule has 1 aliphatic heterocycles. The monoisotopic (exact) mass is 414 g/mol. The smallest absolute Gasteiger partial charge is 0.278 e. The number of benzene rings is 3. The standard InChI is InChI=1S/C26H23FN2O2/c1-16-7-11-20(12-8-16)23-24(28-22-6-4-5-17(2)18(22)3)26(31)29(25(23)30)15-19-9-13-21(27)14-10-19/h4-14,28H,15H2,1-3H3. The van der Waals surface area contributed by atoms with Crippen molar-refractivity contribution in [1.82, 2.24) is 4.90 Å². The molecule has 0 aliphatic carbocycles. The lowest BCUT2D eigenvalue weighted by molar-refractivity contribution is -0.137. The summed E-state index contributed by atoms with van der Waals surface area (Å²) in [5.74, 6) is -1.13. The molecule has 1 heterocycles. The van der Waals surface area contributed by atoms with Crippen molar-refractivity contribution in [1.29, 1.82) is 0 Å². The average Bonchev–Trinajstić information content (AvgIpc) is 2.98. The van der Waals surface area contributed by atoms with Crippen LogP contribution < -0.4 is 5.32 Å². The van der Waals surface area contributed by atoms with Gasteiger partial charge in [0.2, 0.25) is 0 Å². The van der Waals surface area contributed by atoms with Crippen molar-refractivity contribution in [3.63, 3.8) is 0 Å². The Morgan fingerprint density at radius 2 is 1.52 bits per heavy atom. The van der Waals surface area contributed by atoms with Crippen LogP contribution in [0, 0.1) is 26.6 Å². The predicted molar refractivity (Wildman–Crippen MR) is 120 cm³/mol. The number of imide groups is 1. The van der Waals surface area contributed by atoms with E-state index in [0.717, 1.165) is 22.4 Å². The van der Waals surface area contributed by atoms with Gasteiger partial charge in [0.1, 0.15) is 11.5 Å². The van der Waals surface area contributed by atoms with Gasteiger partial charge in [-0.15, -0.1) is 0 Å². The Kier molecular flexibility index (Phi) is 5.42. The van der Waals surface area contributed by atoms with Gasteiger partial charge in [-0.1, -0.05) is 54.1 Å². The van der Waals surface area contributed by atoms with Gasteiger partial charge in [0.15, 0.2) is 0 Å². The molecule has 2 amide bonds. The van der Waals surface area contributed by atoms with E-state index >= 15 is 0 Å². The molecule has 31 heavy (non-hydrogen) atoms. The van der Waals surface area contributed by atoms with Crippen molar-refractivity contribution in [3.8, 4) is 0 Å². The SMILES string of the molecule is Cc1ccc(C2=C(Nc3cccc(C)c3C)C(=O)N(Cc3ccc(F)cc3)C2=O)cc1. The highest BCUT2D eigenvalue weighted by atomic mass is 19.1. The fourth-order valence-electron chi connectivity index (χ4n) is 3.62. The number of hydrogen-bond donors (Lipinski definition) is 1. The molecular weight excluding hydrogens is 391 g/mol. The zero-order valence-corrected chi connectivity index (χ0v) is 17.7. The molecule has 0 fully saturated rings. The van der Waals surface area contributed by atoms with E-state index in [1.165, 1.54) is 17.0 Å². The summed E-state index contributed by atoms with van der Waals surface area (Å²) in [6.07, 6.45) is 0. The fraction of sp³-hybridized carbons (Fsp3) is 0.154. The maximum absolute atomic E-state index is 13.4. The van der Waals surface area contributed by atoms with Crippen molar-refractivity contribution >= 4 is 23.1 Å². The first-order chi connectivity index (χ1) is 14.8. The first-order valence-electron chi connectivity index (χ1n) is 10.1. The molecule has 0 radical (unpaired) electrons. The summed E-state index contributed by atoms with van der Waals surface area (Å²) in [5.41, 5.74) is 5.89. The summed E-state index contributed by atoms with van der Waals surface area (Å²) in [6, 6.07) is 19.1. The second-order valence-electron chi connectivity index (χ2n) is 7.81. The van der Waals surface area contributed by atoms with E-state index in [2.05, 4.69) is 5.32 Å². The Labute approximate surface area is 181 Å². The molecule has 156 valence electrons. The van der Waals surface area contributed by atoms with Gasteiger partial charge in [0.05, 0.1) is 12.1 Å². The van der Waals surface area contributed by atoms with Gasteiger partial charge in [-0.3, -0.25) is 14.5 Å². The Hall–Kier alpha value is -3.73. The van der Waals surface area contributed by atoms with E-state index in [4.69, 9.17) is 0 Å². The van der Waals surface area contributed by atoms with Crippen LogP contribution in [0.2, 0.25) is 0 Å². The summed E-state index contributed by atoms with van der Waals surface area (Å²) in [4.78, 5) is 27.9. The minimum Gasteiger partial charge on any atom is -0.350 e. The number of nitrogens with zero attached hydrogens (tertiary/aromatic N) is 1. The third-order valence-corrected chi connectivity index (χ3v) is 5.63. The molecule has 0 bridgehead atoms. The van der Waals surface area contributed by atoms with Gasteiger partial charge in [-0.25, -0.2) is 4.39 Å². The summed E-state index contributed by atoms with van der Waals surface area (Å²) >= 11 is 0. The molecule has 0 unspecified atom stereocenters. The number of halogens is 1. The zero-order valence-electron chi connectivity index (χ0n) is 17.7. The van der Waals surface area contributed by atoms with Crippen LogP contribution in [0.25, 0.3) is 5.57 Å². The van der Waals surface area contributed by atoms with E-state index < -0.39 is 5.91 Å². The van der Waals surface area contributed by atoms with E-state index in [0.29, 0.717) is 16.7 Å². The van der Waals surface area contributed by atoms with Crippen molar-refractivity contribution < 1.29 is 14.0 Å². The molecule has 3 aromatic rings. The highest BCUT2D eigenvalue weighted by Crippen LogP contribution is 2.32. The minimum absolute atomic E-state index is 0.0747. The van der Waals surface area contributed by atoms with E-state index in [1.54, 1.807) is 12.1 Å².